The maximum absolute atomic E-state index is 12.4. The molecule has 1 saturated heterocycles. The van der Waals surface area contributed by atoms with Crippen molar-refractivity contribution in [3.8, 4) is 11.5 Å². The minimum Gasteiger partial charge on any atom is -0.497 e. The van der Waals surface area contributed by atoms with Crippen molar-refractivity contribution in [2.24, 2.45) is 5.92 Å². The van der Waals surface area contributed by atoms with E-state index in [1.807, 2.05) is 0 Å². The standard InChI is InChI=1S/C16H19NO6/c1-21-11-5-4-10(13(8-11)22-2)9-17-7-6-12(18)14(15(17)19)16(20)23-3/h4-5,8,14H,6-7,9H2,1-3H3. The number of piperidine rings is 1. The van der Waals surface area contributed by atoms with E-state index in [2.05, 4.69) is 4.74 Å². The van der Waals surface area contributed by atoms with Crippen LogP contribution in [-0.2, 0) is 25.7 Å². The molecule has 1 aromatic rings. The first kappa shape index (κ1) is 16.8. The lowest BCUT2D eigenvalue weighted by molar-refractivity contribution is -0.160. The van der Waals surface area contributed by atoms with Crippen molar-refractivity contribution in [2.75, 3.05) is 27.9 Å². The molecule has 0 radical (unpaired) electrons. The van der Waals surface area contributed by atoms with Gasteiger partial charge in [-0.3, -0.25) is 14.4 Å². The van der Waals surface area contributed by atoms with Gasteiger partial charge in [-0.25, -0.2) is 0 Å². The van der Waals surface area contributed by atoms with Crippen LogP contribution in [0.3, 0.4) is 0 Å². The Morgan fingerprint density at radius 3 is 2.57 bits per heavy atom. The third-order valence-electron chi connectivity index (χ3n) is 3.80. The Bertz CT molecular complexity index is 619. The summed E-state index contributed by atoms with van der Waals surface area (Å²) in [6, 6.07) is 5.26. The van der Waals surface area contributed by atoms with Crippen LogP contribution in [0, 0.1) is 5.92 Å². The summed E-state index contributed by atoms with van der Waals surface area (Å²) in [5.41, 5.74) is 0.764. The molecule has 0 N–H and O–H groups in total. The molecule has 1 atom stereocenters. The number of methoxy groups -OCH3 is 3. The van der Waals surface area contributed by atoms with Gasteiger partial charge >= 0.3 is 5.97 Å². The van der Waals surface area contributed by atoms with Crippen molar-refractivity contribution < 1.29 is 28.6 Å². The SMILES string of the molecule is COC(=O)C1C(=O)CCN(Cc2ccc(OC)cc2OC)C1=O. The van der Waals surface area contributed by atoms with Gasteiger partial charge in [-0.2, -0.15) is 0 Å². The highest BCUT2D eigenvalue weighted by Gasteiger charge is 2.41. The molecule has 124 valence electrons. The lowest BCUT2D eigenvalue weighted by Crippen LogP contribution is -2.49. The maximum Gasteiger partial charge on any atom is 0.325 e. The van der Waals surface area contributed by atoms with Gasteiger partial charge < -0.3 is 19.1 Å². The van der Waals surface area contributed by atoms with Crippen LogP contribution in [0.15, 0.2) is 18.2 Å². The number of hydrogen-bond acceptors (Lipinski definition) is 6. The summed E-state index contributed by atoms with van der Waals surface area (Å²) in [6.07, 6.45) is 0.129. The second-order valence-corrected chi connectivity index (χ2v) is 5.11. The number of carbonyl (C=O) groups excluding carboxylic acids is 3. The highest BCUT2D eigenvalue weighted by molar-refractivity contribution is 6.17. The molecular formula is C16H19NO6. The van der Waals surface area contributed by atoms with Gasteiger partial charge in [-0.1, -0.05) is 0 Å². The zero-order valence-electron chi connectivity index (χ0n) is 13.3. The van der Waals surface area contributed by atoms with Crippen LogP contribution in [0.4, 0.5) is 0 Å². The molecule has 1 amide bonds. The molecule has 0 saturated carbocycles. The normalized spacial score (nSPS) is 17.9. The zero-order chi connectivity index (χ0) is 17.0. The number of ketones is 1. The van der Waals surface area contributed by atoms with E-state index in [-0.39, 0.29) is 19.5 Å². The quantitative estimate of drug-likeness (QED) is 0.589. The molecule has 1 aromatic carbocycles. The smallest absolute Gasteiger partial charge is 0.325 e. The van der Waals surface area contributed by atoms with Crippen LogP contribution < -0.4 is 9.47 Å². The van der Waals surface area contributed by atoms with Gasteiger partial charge in [0.2, 0.25) is 5.91 Å². The van der Waals surface area contributed by atoms with Crippen LogP contribution in [0.2, 0.25) is 0 Å². The molecule has 0 aromatic heterocycles. The van der Waals surface area contributed by atoms with Gasteiger partial charge in [-0.05, 0) is 12.1 Å². The van der Waals surface area contributed by atoms with Gasteiger partial charge in [0.25, 0.3) is 0 Å². The maximum atomic E-state index is 12.4. The summed E-state index contributed by atoms with van der Waals surface area (Å²) >= 11 is 0. The molecule has 1 unspecified atom stereocenters. The van der Waals surface area contributed by atoms with Crippen LogP contribution >= 0.6 is 0 Å². The van der Waals surface area contributed by atoms with Gasteiger partial charge in [0.15, 0.2) is 11.7 Å². The predicted octanol–water partition coefficient (Wildman–Crippen LogP) is 0.794. The molecule has 1 aliphatic heterocycles. The van der Waals surface area contributed by atoms with Crippen molar-refractivity contribution in [1.29, 1.82) is 0 Å². The average molecular weight is 321 g/mol. The first-order valence-corrected chi connectivity index (χ1v) is 7.12. The monoisotopic (exact) mass is 321 g/mol. The molecule has 23 heavy (non-hydrogen) atoms. The first-order chi connectivity index (χ1) is 11.0. The van der Waals surface area contributed by atoms with Gasteiger partial charge in [0, 0.05) is 31.1 Å². The van der Waals surface area contributed by atoms with E-state index in [1.54, 1.807) is 25.3 Å². The number of esters is 1. The first-order valence-electron chi connectivity index (χ1n) is 7.12. The number of ether oxygens (including phenoxy) is 3. The lowest BCUT2D eigenvalue weighted by atomic mass is 9.95. The molecule has 0 bridgehead atoms. The minimum atomic E-state index is -1.36. The van der Waals surface area contributed by atoms with Crippen molar-refractivity contribution in [3.05, 3.63) is 23.8 Å². The number of rotatable bonds is 5. The fourth-order valence-electron chi connectivity index (χ4n) is 2.52. The Labute approximate surface area is 134 Å². The van der Waals surface area contributed by atoms with E-state index < -0.39 is 23.6 Å². The summed E-state index contributed by atoms with van der Waals surface area (Å²) in [5.74, 6) is -1.91. The average Bonchev–Trinajstić information content (AvgIpc) is 2.57. The molecule has 7 heteroatoms. The summed E-state index contributed by atoms with van der Waals surface area (Å²) in [6.45, 7) is 0.507. The number of nitrogens with zero attached hydrogens (tertiary/aromatic N) is 1. The van der Waals surface area contributed by atoms with Crippen molar-refractivity contribution in [3.63, 3.8) is 0 Å². The fraction of sp³-hybridized carbons (Fsp3) is 0.438. The van der Waals surface area contributed by atoms with Gasteiger partial charge in [-0.15, -0.1) is 0 Å². The fourth-order valence-corrected chi connectivity index (χ4v) is 2.52. The molecule has 7 nitrogen and oxygen atoms in total. The highest BCUT2D eigenvalue weighted by Crippen LogP contribution is 2.27. The second kappa shape index (κ2) is 7.13. The third-order valence-corrected chi connectivity index (χ3v) is 3.80. The summed E-state index contributed by atoms with van der Waals surface area (Å²) in [7, 11) is 4.24. The number of Topliss-reactive ketones (excluding diaryl/α,β-unsaturated/α-hetero) is 1. The van der Waals surface area contributed by atoms with Crippen LogP contribution in [-0.4, -0.2) is 50.4 Å². The molecule has 2 rings (SSSR count). The summed E-state index contributed by atoms with van der Waals surface area (Å²) < 4.78 is 15.0. The molecule has 0 aliphatic carbocycles. The predicted molar refractivity (Wildman–Crippen MR) is 80.1 cm³/mol. The van der Waals surface area contributed by atoms with Crippen molar-refractivity contribution in [2.45, 2.75) is 13.0 Å². The number of amides is 1. The van der Waals surface area contributed by atoms with Crippen LogP contribution in [0.25, 0.3) is 0 Å². The van der Waals surface area contributed by atoms with Crippen LogP contribution in [0.5, 0.6) is 11.5 Å². The van der Waals surface area contributed by atoms with E-state index in [1.165, 1.54) is 12.0 Å². The Morgan fingerprint density at radius 2 is 1.96 bits per heavy atom. The van der Waals surface area contributed by atoms with E-state index in [0.29, 0.717) is 11.5 Å². The Morgan fingerprint density at radius 1 is 1.22 bits per heavy atom. The molecule has 1 fully saturated rings. The highest BCUT2D eigenvalue weighted by atomic mass is 16.5. The van der Waals surface area contributed by atoms with E-state index in [0.717, 1.165) is 12.7 Å². The van der Waals surface area contributed by atoms with E-state index in [4.69, 9.17) is 9.47 Å². The minimum absolute atomic E-state index is 0.129. The third kappa shape index (κ3) is 3.44. The summed E-state index contributed by atoms with van der Waals surface area (Å²) in [5, 5.41) is 0. The van der Waals surface area contributed by atoms with Crippen molar-refractivity contribution in [1.82, 2.24) is 4.90 Å². The topological polar surface area (TPSA) is 82.1 Å². The Balaban J connectivity index is 2.21. The summed E-state index contributed by atoms with van der Waals surface area (Å²) in [4.78, 5) is 37.3. The van der Waals surface area contributed by atoms with Gasteiger partial charge in [0.1, 0.15) is 11.5 Å². The van der Waals surface area contributed by atoms with Crippen LogP contribution in [0.1, 0.15) is 12.0 Å². The Kier molecular flexibility index (Phi) is 5.20. The molecule has 0 spiro atoms. The number of carbonyl (C=O) groups is 3. The van der Waals surface area contributed by atoms with Crippen molar-refractivity contribution >= 4 is 17.7 Å². The zero-order valence-corrected chi connectivity index (χ0v) is 13.3. The lowest BCUT2D eigenvalue weighted by Gasteiger charge is -2.30. The van der Waals surface area contributed by atoms with Gasteiger partial charge in [0.05, 0.1) is 21.3 Å². The largest absolute Gasteiger partial charge is 0.497 e. The molecule has 1 aliphatic rings. The number of benzene rings is 1. The second-order valence-electron chi connectivity index (χ2n) is 5.11. The molecular weight excluding hydrogens is 302 g/mol. The number of likely N-dealkylation sites (tertiary alicyclic amines) is 1. The molecule has 1 heterocycles. The van der Waals surface area contributed by atoms with E-state index in [9.17, 15) is 14.4 Å². The number of hydrogen-bond donors (Lipinski definition) is 0. The van der Waals surface area contributed by atoms with E-state index >= 15 is 0 Å². The Hall–Kier alpha value is -2.57.